The van der Waals surface area contributed by atoms with Gasteiger partial charge in [0, 0.05) is 6.42 Å². The first kappa shape index (κ1) is 18.7. The van der Waals surface area contributed by atoms with E-state index in [1.165, 1.54) is 12.7 Å². The lowest BCUT2D eigenvalue weighted by molar-refractivity contribution is 0.0601. The molecule has 0 aliphatic carbocycles. The van der Waals surface area contributed by atoms with E-state index in [9.17, 15) is 4.79 Å². The van der Waals surface area contributed by atoms with Crippen LogP contribution in [-0.4, -0.2) is 18.8 Å². The summed E-state index contributed by atoms with van der Waals surface area (Å²) in [5.74, 6) is -0.340. The van der Waals surface area contributed by atoms with Crippen LogP contribution in [0.25, 0.3) is 6.08 Å². The summed E-state index contributed by atoms with van der Waals surface area (Å²) in [5, 5.41) is 6.90. The maximum absolute atomic E-state index is 11.7. The van der Waals surface area contributed by atoms with Gasteiger partial charge in [-0.15, -0.1) is 0 Å². The molecule has 1 aliphatic heterocycles. The van der Waals surface area contributed by atoms with Gasteiger partial charge in [-0.3, -0.25) is 5.01 Å². The number of ether oxygens (including phenoxy) is 1. The molecule has 0 saturated carbocycles. The molecule has 1 heterocycles. The van der Waals surface area contributed by atoms with Crippen molar-refractivity contribution in [2.45, 2.75) is 12.5 Å². The lowest BCUT2D eigenvalue weighted by Gasteiger charge is -2.24. The van der Waals surface area contributed by atoms with Crippen LogP contribution in [0.1, 0.15) is 33.9 Å². The Morgan fingerprint density at radius 2 is 1.59 bits per heavy atom. The number of allylic oxidation sites excluding steroid dienone is 1. The zero-order valence-corrected chi connectivity index (χ0v) is 16.2. The molecule has 144 valence electrons. The van der Waals surface area contributed by atoms with E-state index in [-0.39, 0.29) is 12.0 Å². The molecule has 1 aliphatic rings. The van der Waals surface area contributed by atoms with Crippen LogP contribution in [0.4, 0.5) is 5.69 Å². The minimum atomic E-state index is -0.340. The molecule has 0 amide bonds. The first-order valence-electron chi connectivity index (χ1n) is 9.58. The second kappa shape index (κ2) is 8.57. The molecule has 4 heteroatoms. The van der Waals surface area contributed by atoms with Crippen LogP contribution in [0.3, 0.4) is 0 Å². The van der Waals surface area contributed by atoms with Crippen LogP contribution in [0.15, 0.2) is 96.1 Å². The minimum Gasteiger partial charge on any atom is -0.465 e. The lowest BCUT2D eigenvalue weighted by atomic mass is 10.0. The topological polar surface area (TPSA) is 41.9 Å². The normalized spacial score (nSPS) is 16.1. The van der Waals surface area contributed by atoms with Gasteiger partial charge < -0.3 is 4.74 Å². The molecule has 4 nitrogen and oxygen atoms in total. The first-order valence-corrected chi connectivity index (χ1v) is 9.58. The van der Waals surface area contributed by atoms with Gasteiger partial charge in [-0.25, -0.2) is 4.79 Å². The number of esters is 1. The predicted octanol–water partition coefficient (Wildman–Crippen LogP) is 5.49. The molecule has 3 aromatic carbocycles. The quantitative estimate of drug-likeness (QED) is 0.548. The zero-order chi connectivity index (χ0) is 20.1. The maximum atomic E-state index is 11.7. The van der Waals surface area contributed by atoms with Gasteiger partial charge in [0.15, 0.2) is 0 Å². The Kier molecular flexibility index (Phi) is 5.52. The average Bonchev–Trinajstić information content (AvgIpc) is 3.23. The third-order valence-electron chi connectivity index (χ3n) is 4.94. The highest BCUT2D eigenvalue weighted by Gasteiger charge is 2.28. The Morgan fingerprint density at radius 3 is 2.24 bits per heavy atom. The SMILES string of the molecule is COC(=O)c1ccc(N2N=C(/C=C/c3ccccc3)CC2c2ccccc2)cc1. The van der Waals surface area contributed by atoms with Crippen LogP contribution < -0.4 is 5.01 Å². The van der Waals surface area contributed by atoms with Crippen LogP contribution in [0.5, 0.6) is 0 Å². The van der Waals surface area contributed by atoms with Crippen LogP contribution in [-0.2, 0) is 4.74 Å². The molecule has 0 aromatic heterocycles. The van der Waals surface area contributed by atoms with E-state index in [2.05, 4.69) is 36.4 Å². The van der Waals surface area contributed by atoms with Crippen molar-refractivity contribution >= 4 is 23.4 Å². The summed E-state index contributed by atoms with van der Waals surface area (Å²) in [7, 11) is 1.39. The Bertz CT molecular complexity index is 1030. The molecule has 1 unspecified atom stereocenters. The minimum absolute atomic E-state index is 0.107. The number of methoxy groups -OCH3 is 1. The summed E-state index contributed by atoms with van der Waals surface area (Å²) >= 11 is 0. The number of anilines is 1. The molecule has 0 fully saturated rings. The molecule has 1 atom stereocenters. The molecule has 0 spiro atoms. The number of hydrogen-bond acceptors (Lipinski definition) is 4. The average molecular weight is 382 g/mol. The van der Waals surface area contributed by atoms with Gasteiger partial charge in [0.05, 0.1) is 30.1 Å². The molecule has 0 radical (unpaired) electrons. The summed E-state index contributed by atoms with van der Waals surface area (Å²) < 4.78 is 4.79. The highest BCUT2D eigenvalue weighted by atomic mass is 16.5. The Morgan fingerprint density at radius 1 is 0.931 bits per heavy atom. The van der Waals surface area contributed by atoms with E-state index in [0.29, 0.717) is 5.56 Å². The van der Waals surface area contributed by atoms with E-state index in [1.807, 2.05) is 53.5 Å². The standard InChI is InChI=1S/C25H22N2O2/c1-29-25(28)21-13-16-23(17-14-21)27-24(20-10-6-3-7-11-20)18-22(26-27)15-12-19-8-4-2-5-9-19/h2-17,24H,18H2,1H3/b15-12+. The van der Waals surface area contributed by atoms with Crippen molar-refractivity contribution in [2.75, 3.05) is 12.1 Å². The van der Waals surface area contributed by atoms with Crippen molar-refractivity contribution in [3.63, 3.8) is 0 Å². The number of carbonyl (C=O) groups is 1. The molecule has 4 rings (SSSR count). The largest absolute Gasteiger partial charge is 0.465 e. The van der Waals surface area contributed by atoms with Gasteiger partial charge in [-0.2, -0.15) is 5.10 Å². The Balaban J connectivity index is 1.64. The monoisotopic (exact) mass is 382 g/mol. The Hall–Kier alpha value is -3.66. The van der Waals surface area contributed by atoms with E-state index in [1.54, 1.807) is 12.1 Å². The highest BCUT2D eigenvalue weighted by molar-refractivity contribution is 6.01. The fourth-order valence-corrected chi connectivity index (χ4v) is 3.43. The van der Waals surface area contributed by atoms with Crippen molar-refractivity contribution < 1.29 is 9.53 Å². The van der Waals surface area contributed by atoms with Gasteiger partial charge >= 0.3 is 5.97 Å². The summed E-state index contributed by atoms with van der Waals surface area (Å²) in [6.07, 6.45) is 4.98. The number of benzene rings is 3. The van der Waals surface area contributed by atoms with E-state index in [0.717, 1.165) is 23.4 Å². The maximum Gasteiger partial charge on any atom is 0.337 e. The van der Waals surface area contributed by atoms with Crippen molar-refractivity contribution in [1.29, 1.82) is 0 Å². The number of nitrogens with zero attached hydrogens (tertiary/aromatic N) is 2. The smallest absolute Gasteiger partial charge is 0.337 e. The predicted molar refractivity (Wildman–Crippen MR) is 117 cm³/mol. The summed E-state index contributed by atoms with van der Waals surface area (Å²) in [6.45, 7) is 0. The zero-order valence-electron chi connectivity index (χ0n) is 16.2. The molecular weight excluding hydrogens is 360 g/mol. The Labute approximate surface area is 170 Å². The lowest BCUT2D eigenvalue weighted by Crippen LogP contribution is -2.18. The fourth-order valence-electron chi connectivity index (χ4n) is 3.43. The highest BCUT2D eigenvalue weighted by Crippen LogP contribution is 2.35. The summed E-state index contributed by atoms with van der Waals surface area (Å²) in [5.41, 5.74) is 4.83. The van der Waals surface area contributed by atoms with Crippen molar-refractivity contribution in [3.05, 3.63) is 108 Å². The molecule has 29 heavy (non-hydrogen) atoms. The number of carbonyl (C=O) groups excluding carboxylic acids is 1. The third-order valence-corrected chi connectivity index (χ3v) is 4.94. The van der Waals surface area contributed by atoms with Gasteiger partial charge in [0.25, 0.3) is 0 Å². The number of hydrazone groups is 1. The second-order valence-electron chi connectivity index (χ2n) is 6.85. The summed E-state index contributed by atoms with van der Waals surface area (Å²) in [4.78, 5) is 11.7. The van der Waals surface area contributed by atoms with Gasteiger partial charge in [-0.1, -0.05) is 66.7 Å². The van der Waals surface area contributed by atoms with Gasteiger partial charge in [0.1, 0.15) is 0 Å². The van der Waals surface area contributed by atoms with Crippen LogP contribution >= 0.6 is 0 Å². The summed E-state index contributed by atoms with van der Waals surface area (Å²) in [6, 6.07) is 28.1. The molecule has 3 aromatic rings. The van der Waals surface area contributed by atoms with Crippen molar-refractivity contribution in [1.82, 2.24) is 0 Å². The van der Waals surface area contributed by atoms with Gasteiger partial charge in [0.2, 0.25) is 0 Å². The van der Waals surface area contributed by atoms with Crippen molar-refractivity contribution in [3.8, 4) is 0 Å². The van der Waals surface area contributed by atoms with Crippen molar-refractivity contribution in [2.24, 2.45) is 5.10 Å². The number of hydrogen-bond donors (Lipinski definition) is 0. The van der Waals surface area contributed by atoms with Gasteiger partial charge in [-0.05, 0) is 41.5 Å². The molecular formula is C25H22N2O2. The van der Waals surface area contributed by atoms with Crippen LogP contribution in [0, 0.1) is 0 Å². The van der Waals surface area contributed by atoms with E-state index >= 15 is 0 Å². The first-order chi connectivity index (χ1) is 14.2. The molecule has 0 saturated heterocycles. The van der Waals surface area contributed by atoms with Crippen LogP contribution in [0.2, 0.25) is 0 Å². The van der Waals surface area contributed by atoms with E-state index < -0.39 is 0 Å². The molecule has 0 bridgehead atoms. The molecule has 0 N–H and O–H groups in total. The fraction of sp³-hybridized carbons (Fsp3) is 0.120. The number of rotatable bonds is 5. The second-order valence-corrected chi connectivity index (χ2v) is 6.85. The van der Waals surface area contributed by atoms with E-state index in [4.69, 9.17) is 9.84 Å². The third kappa shape index (κ3) is 4.27.